The van der Waals surface area contributed by atoms with Crippen molar-refractivity contribution < 1.29 is 4.79 Å². The van der Waals surface area contributed by atoms with Crippen LogP contribution in [0.25, 0.3) is 0 Å². The molecule has 3 heteroatoms. The van der Waals surface area contributed by atoms with E-state index in [1.54, 1.807) is 0 Å². The van der Waals surface area contributed by atoms with Crippen LogP contribution in [-0.4, -0.2) is 18.5 Å². The Morgan fingerprint density at radius 1 is 1.07 bits per heavy atom. The van der Waals surface area contributed by atoms with E-state index in [-0.39, 0.29) is 10.8 Å². The van der Waals surface area contributed by atoms with E-state index in [1.165, 1.54) is 31.3 Å². The summed E-state index contributed by atoms with van der Waals surface area (Å²) in [5, 5.41) is 3.53. The number of amides is 1. The Kier molecular flexibility index (Phi) is 6.05. The number of allylic oxidation sites excluding steroid dienone is 5. The zero-order valence-electron chi connectivity index (χ0n) is 19.2. The summed E-state index contributed by atoms with van der Waals surface area (Å²) in [5.41, 5.74) is 7.37. The normalized spacial score (nSPS) is 42.8. The van der Waals surface area contributed by atoms with Gasteiger partial charge in [-0.05, 0) is 106 Å². The maximum Gasteiger partial charge on any atom is 0.226 e. The van der Waals surface area contributed by atoms with Gasteiger partial charge in [-0.1, -0.05) is 44.2 Å². The maximum atomic E-state index is 13.8. The summed E-state index contributed by atoms with van der Waals surface area (Å²) in [7, 11) is 0. The highest BCUT2D eigenvalue weighted by atomic mass is 16.2. The standard InChI is InChI=1S/C27H42N2O/c1-4-6-7-8-20(3)26-14-22-13-25(5-2,17-26)18-27(15-22,19-26)24(30)29-23-11-9-21(16-28)10-12-23/h4,6-8,21-23H,3,5,9-19,28H2,1-2H3,(H,29,30)/b6-4-,8-7-/t21-,22?,23+,25-,26-,27?/m1/s1. The zero-order valence-corrected chi connectivity index (χ0v) is 19.2. The zero-order chi connectivity index (χ0) is 21.4. The summed E-state index contributed by atoms with van der Waals surface area (Å²) in [6.45, 7) is 9.72. The Morgan fingerprint density at radius 3 is 2.43 bits per heavy atom. The number of hydrogen-bond acceptors (Lipinski definition) is 2. The lowest BCUT2D eigenvalue weighted by Crippen LogP contribution is -2.62. The fourth-order valence-electron chi connectivity index (χ4n) is 7.98. The maximum absolute atomic E-state index is 13.8. The molecule has 0 spiro atoms. The van der Waals surface area contributed by atoms with E-state index in [9.17, 15) is 4.79 Å². The van der Waals surface area contributed by atoms with Gasteiger partial charge < -0.3 is 11.1 Å². The Labute approximate surface area is 183 Å². The highest BCUT2D eigenvalue weighted by Gasteiger charge is 2.65. The van der Waals surface area contributed by atoms with Crippen molar-refractivity contribution in [2.75, 3.05) is 6.54 Å². The van der Waals surface area contributed by atoms with Crippen molar-refractivity contribution in [3.63, 3.8) is 0 Å². The van der Waals surface area contributed by atoms with Gasteiger partial charge in [0.2, 0.25) is 5.91 Å². The average molecular weight is 411 g/mol. The smallest absolute Gasteiger partial charge is 0.226 e. The van der Waals surface area contributed by atoms with E-state index in [0.717, 1.165) is 51.5 Å². The molecule has 30 heavy (non-hydrogen) atoms. The van der Waals surface area contributed by atoms with Crippen molar-refractivity contribution >= 4 is 5.91 Å². The minimum Gasteiger partial charge on any atom is -0.353 e. The summed E-state index contributed by atoms with van der Waals surface area (Å²) >= 11 is 0. The van der Waals surface area contributed by atoms with Crippen LogP contribution in [0.3, 0.4) is 0 Å². The molecule has 5 aliphatic rings. The molecule has 5 aliphatic carbocycles. The predicted molar refractivity (Wildman–Crippen MR) is 125 cm³/mol. The van der Waals surface area contributed by atoms with Crippen molar-refractivity contribution in [2.24, 2.45) is 33.8 Å². The van der Waals surface area contributed by atoms with Gasteiger partial charge in [-0.3, -0.25) is 4.79 Å². The first-order chi connectivity index (χ1) is 14.4. The second kappa shape index (κ2) is 8.30. The summed E-state index contributed by atoms with van der Waals surface area (Å²) in [4.78, 5) is 13.8. The monoisotopic (exact) mass is 410 g/mol. The molecule has 5 saturated carbocycles. The lowest BCUT2D eigenvalue weighted by Gasteiger charge is -2.66. The van der Waals surface area contributed by atoms with Crippen LogP contribution in [0.5, 0.6) is 0 Å². The molecule has 166 valence electrons. The first kappa shape index (κ1) is 21.9. The molecule has 0 aliphatic heterocycles. The van der Waals surface area contributed by atoms with Gasteiger partial charge in [0.05, 0.1) is 5.41 Å². The number of carbonyl (C=O) groups is 1. The van der Waals surface area contributed by atoms with Gasteiger partial charge in [-0.2, -0.15) is 0 Å². The molecule has 3 N–H and O–H groups in total. The summed E-state index contributed by atoms with van der Waals surface area (Å²) in [6.07, 6.45) is 21.1. The van der Waals surface area contributed by atoms with Crippen molar-refractivity contribution in [1.82, 2.24) is 5.32 Å². The third kappa shape index (κ3) is 3.83. The Balaban J connectivity index is 1.55. The summed E-state index contributed by atoms with van der Waals surface area (Å²) < 4.78 is 0. The minimum atomic E-state index is -0.183. The van der Waals surface area contributed by atoms with Crippen molar-refractivity contribution in [3.8, 4) is 0 Å². The summed E-state index contributed by atoms with van der Waals surface area (Å²) in [6, 6.07) is 0.347. The molecular formula is C27H42N2O. The third-order valence-corrected chi connectivity index (χ3v) is 9.21. The van der Waals surface area contributed by atoms with Gasteiger partial charge in [-0.25, -0.2) is 0 Å². The molecule has 0 aromatic rings. The molecule has 1 amide bonds. The second-order valence-corrected chi connectivity index (χ2v) is 11.3. The molecule has 4 bridgehead atoms. The van der Waals surface area contributed by atoms with Crippen LogP contribution in [-0.2, 0) is 4.79 Å². The van der Waals surface area contributed by atoms with Crippen molar-refractivity contribution in [2.45, 2.75) is 90.5 Å². The Morgan fingerprint density at radius 2 is 1.77 bits per heavy atom. The van der Waals surface area contributed by atoms with Crippen LogP contribution in [0.15, 0.2) is 36.5 Å². The topological polar surface area (TPSA) is 55.1 Å². The molecule has 0 radical (unpaired) electrons. The molecule has 0 aromatic heterocycles. The third-order valence-electron chi connectivity index (χ3n) is 9.21. The SMILES string of the molecule is C=C(/C=C\C=C/C)[C@]12CC3CC(C(=O)N[C@H]4CC[C@@H](CN)CC4)(C[C@](CC)(C3)C1)C2. The van der Waals surface area contributed by atoms with Crippen molar-refractivity contribution in [1.29, 1.82) is 0 Å². The highest BCUT2D eigenvalue weighted by molar-refractivity contribution is 5.84. The van der Waals surface area contributed by atoms with E-state index in [2.05, 4.69) is 43.1 Å². The molecule has 0 heterocycles. The number of hydrogen-bond donors (Lipinski definition) is 2. The Hall–Kier alpha value is -1.35. The fourth-order valence-corrected chi connectivity index (χ4v) is 7.98. The molecule has 0 aromatic carbocycles. The largest absolute Gasteiger partial charge is 0.353 e. The molecular weight excluding hydrogens is 368 g/mol. The van der Waals surface area contributed by atoms with Crippen LogP contribution in [0.2, 0.25) is 0 Å². The number of nitrogens with two attached hydrogens (primary N) is 1. The summed E-state index contributed by atoms with van der Waals surface area (Å²) in [5.74, 6) is 1.68. The van der Waals surface area contributed by atoms with E-state index < -0.39 is 0 Å². The lowest BCUT2D eigenvalue weighted by molar-refractivity contribution is -0.170. The van der Waals surface area contributed by atoms with E-state index in [1.807, 2.05) is 6.92 Å². The predicted octanol–water partition coefficient (Wildman–Crippen LogP) is 5.68. The fraction of sp³-hybridized carbons (Fsp3) is 0.741. The van der Waals surface area contributed by atoms with Crippen LogP contribution in [0.1, 0.15) is 84.5 Å². The molecule has 2 unspecified atom stereocenters. The van der Waals surface area contributed by atoms with E-state index >= 15 is 0 Å². The second-order valence-electron chi connectivity index (χ2n) is 11.3. The quantitative estimate of drug-likeness (QED) is 0.531. The van der Waals surface area contributed by atoms with Gasteiger partial charge in [-0.15, -0.1) is 0 Å². The highest BCUT2D eigenvalue weighted by Crippen LogP contribution is 2.72. The van der Waals surface area contributed by atoms with Crippen LogP contribution in [0, 0.1) is 28.1 Å². The van der Waals surface area contributed by atoms with Gasteiger partial charge in [0.15, 0.2) is 0 Å². The molecule has 3 nitrogen and oxygen atoms in total. The Bertz CT molecular complexity index is 731. The minimum absolute atomic E-state index is 0.113. The first-order valence-electron chi connectivity index (χ1n) is 12.4. The average Bonchev–Trinajstić information content (AvgIpc) is 2.73. The number of carbonyl (C=O) groups excluding carboxylic acids is 1. The molecule has 4 atom stereocenters. The molecule has 5 fully saturated rings. The van der Waals surface area contributed by atoms with Crippen molar-refractivity contribution in [3.05, 3.63) is 36.5 Å². The van der Waals surface area contributed by atoms with Gasteiger partial charge in [0.1, 0.15) is 0 Å². The van der Waals surface area contributed by atoms with Crippen LogP contribution in [0.4, 0.5) is 0 Å². The van der Waals surface area contributed by atoms with Crippen LogP contribution >= 0.6 is 0 Å². The van der Waals surface area contributed by atoms with Gasteiger partial charge in [0, 0.05) is 6.04 Å². The molecule has 0 saturated heterocycles. The number of nitrogens with one attached hydrogen (secondary N) is 1. The lowest BCUT2D eigenvalue weighted by atomic mass is 9.37. The molecule has 5 rings (SSSR count). The van der Waals surface area contributed by atoms with E-state index in [4.69, 9.17) is 5.73 Å². The van der Waals surface area contributed by atoms with Crippen LogP contribution < -0.4 is 11.1 Å². The van der Waals surface area contributed by atoms with Gasteiger partial charge in [0.25, 0.3) is 0 Å². The first-order valence-corrected chi connectivity index (χ1v) is 12.4. The number of rotatable bonds is 7. The van der Waals surface area contributed by atoms with E-state index in [0.29, 0.717) is 29.2 Å². The van der Waals surface area contributed by atoms with Gasteiger partial charge >= 0.3 is 0 Å².